The van der Waals surface area contributed by atoms with E-state index in [1.807, 2.05) is 4.90 Å². The average molecular weight is 269 g/mol. The second-order valence-electron chi connectivity index (χ2n) is 6.24. The van der Waals surface area contributed by atoms with Crippen molar-refractivity contribution in [2.75, 3.05) is 26.8 Å². The highest BCUT2D eigenvalue weighted by Crippen LogP contribution is 2.31. The molecule has 1 aliphatic heterocycles. The highest BCUT2D eigenvalue weighted by molar-refractivity contribution is 5.77. The van der Waals surface area contributed by atoms with Crippen LogP contribution >= 0.6 is 0 Å². The Morgan fingerprint density at radius 2 is 1.89 bits per heavy atom. The molecule has 1 saturated carbocycles. The molecule has 1 amide bonds. The molecule has 1 aliphatic carbocycles. The molecule has 2 rings (SSSR count). The lowest BCUT2D eigenvalue weighted by Crippen LogP contribution is -2.44. The van der Waals surface area contributed by atoms with Crippen LogP contribution in [0.4, 0.5) is 0 Å². The molecule has 0 aromatic heterocycles. The first-order valence-electron chi connectivity index (χ1n) is 7.62. The van der Waals surface area contributed by atoms with Gasteiger partial charge in [-0.1, -0.05) is 19.3 Å². The van der Waals surface area contributed by atoms with Gasteiger partial charge in [-0.15, -0.1) is 0 Å². The molecule has 110 valence electrons. The number of rotatable bonds is 4. The third-order valence-electron chi connectivity index (χ3n) is 4.63. The summed E-state index contributed by atoms with van der Waals surface area (Å²) in [6.07, 6.45) is 7.26. The van der Waals surface area contributed by atoms with E-state index in [0.717, 1.165) is 58.2 Å². The molecule has 1 heterocycles. The highest BCUT2D eigenvalue weighted by Gasteiger charge is 2.34. The fourth-order valence-corrected chi connectivity index (χ4v) is 3.36. The van der Waals surface area contributed by atoms with Crippen molar-refractivity contribution in [3.8, 4) is 0 Å². The zero-order valence-electron chi connectivity index (χ0n) is 12.1. The third kappa shape index (κ3) is 4.18. The second kappa shape index (κ2) is 6.71. The summed E-state index contributed by atoms with van der Waals surface area (Å²) in [5.74, 6) is 0.729. The molecular weight excluding hydrogens is 242 g/mol. The van der Waals surface area contributed by atoms with Crippen LogP contribution in [0.15, 0.2) is 0 Å². The molecule has 1 saturated heterocycles. The van der Waals surface area contributed by atoms with Crippen molar-refractivity contribution in [2.24, 2.45) is 5.92 Å². The van der Waals surface area contributed by atoms with E-state index in [2.05, 4.69) is 0 Å². The van der Waals surface area contributed by atoms with Crippen LogP contribution in [0.1, 0.15) is 51.4 Å². The van der Waals surface area contributed by atoms with Crippen LogP contribution in [0.5, 0.6) is 0 Å². The molecule has 0 radical (unpaired) electrons. The van der Waals surface area contributed by atoms with Gasteiger partial charge in [0.15, 0.2) is 0 Å². The molecule has 4 heteroatoms. The van der Waals surface area contributed by atoms with Crippen LogP contribution in [0.3, 0.4) is 0 Å². The molecule has 0 unspecified atom stereocenters. The van der Waals surface area contributed by atoms with E-state index in [1.165, 1.54) is 6.42 Å². The fourth-order valence-electron chi connectivity index (χ4n) is 3.36. The summed E-state index contributed by atoms with van der Waals surface area (Å²) in [7, 11) is 1.73. The molecule has 2 aliphatic rings. The van der Waals surface area contributed by atoms with Crippen LogP contribution in [0.2, 0.25) is 0 Å². The number of likely N-dealkylation sites (tertiary alicyclic amines) is 1. The lowest BCUT2D eigenvalue weighted by atomic mass is 9.82. The molecule has 0 atom stereocenters. The number of amides is 1. The van der Waals surface area contributed by atoms with Gasteiger partial charge in [-0.3, -0.25) is 4.79 Å². The monoisotopic (exact) mass is 269 g/mol. The quantitative estimate of drug-likeness (QED) is 0.848. The summed E-state index contributed by atoms with van der Waals surface area (Å²) in [5, 5.41) is 10.4. The molecule has 19 heavy (non-hydrogen) atoms. The summed E-state index contributed by atoms with van der Waals surface area (Å²) in [5.41, 5.74) is -0.724. The minimum Gasteiger partial charge on any atom is -0.389 e. The fraction of sp³-hybridized carbons (Fsp3) is 0.933. The summed E-state index contributed by atoms with van der Waals surface area (Å²) in [4.78, 5) is 14.2. The maximum absolute atomic E-state index is 12.3. The molecular formula is C15H27NO3. The van der Waals surface area contributed by atoms with E-state index in [9.17, 15) is 9.90 Å². The van der Waals surface area contributed by atoms with Gasteiger partial charge in [0.2, 0.25) is 5.91 Å². The Kier molecular flexibility index (Phi) is 5.22. The molecule has 2 fully saturated rings. The minimum absolute atomic E-state index is 0.139. The van der Waals surface area contributed by atoms with E-state index in [1.54, 1.807) is 7.11 Å². The average Bonchev–Trinajstić information content (AvgIpc) is 2.40. The van der Waals surface area contributed by atoms with Crippen molar-refractivity contribution in [1.82, 2.24) is 4.90 Å². The summed E-state index contributed by atoms with van der Waals surface area (Å²) in [6.45, 7) is 2.44. The molecule has 0 spiro atoms. The van der Waals surface area contributed by atoms with Crippen molar-refractivity contribution in [1.29, 1.82) is 0 Å². The summed E-state index contributed by atoms with van der Waals surface area (Å²) >= 11 is 0. The van der Waals surface area contributed by atoms with Crippen LogP contribution < -0.4 is 0 Å². The normalized spacial score (nSPS) is 24.4. The number of piperidine rings is 1. The number of hydrogen-bond donors (Lipinski definition) is 1. The lowest BCUT2D eigenvalue weighted by molar-refractivity contribution is -0.139. The second-order valence-corrected chi connectivity index (χ2v) is 6.24. The van der Waals surface area contributed by atoms with Crippen molar-refractivity contribution >= 4 is 5.91 Å². The smallest absolute Gasteiger partial charge is 0.225 e. The van der Waals surface area contributed by atoms with Gasteiger partial charge in [-0.2, -0.15) is 0 Å². The molecule has 0 bridgehead atoms. The first-order valence-corrected chi connectivity index (χ1v) is 7.62. The summed E-state index contributed by atoms with van der Waals surface area (Å²) < 4.78 is 5.17. The largest absolute Gasteiger partial charge is 0.389 e. The Labute approximate surface area is 116 Å². The predicted molar refractivity (Wildman–Crippen MR) is 73.8 cm³/mol. The van der Waals surface area contributed by atoms with Crippen LogP contribution in [0.25, 0.3) is 0 Å². The van der Waals surface area contributed by atoms with E-state index in [4.69, 9.17) is 4.74 Å². The van der Waals surface area contributed by atoms with E-state index >= 15 is 0 Å². The van der Waals surface area contributed by atoms with Gasteiger partial charge in [0, 0.05) is 26.8 Å². The van der Waals surface area contributed by atoms with E-state index in [-0.39, 0.29) is 5.91 Å². The highest BCUT2D eigenvalue weighted by atomic mass is 16.5. The number of nitrogens with zero attached hydrogens (tertiary/aromatic N) is 1. The first-order chi connectivity index (χ1) is 9.13. The van der Waals surface area contributed by atoms with Gasteiger partial charge in [-0.05, 0) is 31.6 Å². The molecule has 0 aromatic carbocycles. The number of hydrogen-bond acceptors (Lipinski definition) is 3. The summed E-state index contributed by atoms with van der Waals surface area (Å²) in [6, 6.07) is 0. The van der Waals surface area contributed by atoms with Gasteiger partial charge in [-0.25, -0.2) is 0 Å². The van der Waals surface area contributed by atoms with Crippen molar-refractivity contribution < 1.29 is 14.6 Å². The number of methoxy groups -OCH3 is 1. The molecule has 4 nitrogen and oxygen atoms in total. The molecule has 0 aromatic rings. The Bertz CT molecular complexity index is 292. The Balaban J connectivity index is 1.77. The van der Waals surface area contributed by atoms with Crippen LogP contribution in [-0.4, -0.2) is 48.3 Å². The zero-order valence-corrected chi connectivity index (χ0v) is 12.1. The van der Waals surface area contributed by atoms with Gasteiger partial charge in [0.25, 0.3) is 0 Å². The van der Waals surface area contributed by atoms with Crippen LogP contribution in [0, 0.1) is 5.92 Å². The third-order valence-corrected chi connectivity index (χ3v) is 4.63. The van der Waals surface area contributed by atoms with E-state index in [0.29, 0.717) is 12.3 Å². The predicted octanol–water partition coefficient (Wildman–Crippen LogP) is 1.96. The van der Waals surface area contributed by atoms with E-state index < -0.39 is 5.60 Å². The number of aliphatic hydroxyl groups is 1. The Morgan fingerprint density at radius 1 is 1.26 bits per heavy atom. The lowest BCUT2D eigenvalue weighted by Gasteiger charge is -2.36. The Hall–Kier alpha value is -0.610. The van der Waals surface area contributed by atoms with Crippen molar-refractivity contribution in [2.45, 2.75) is 57.0 Å². The molecule has 1 N–H and O–H groups in total. The maximum Gasteiger partial charge on any atom is 0.225 e. The van der Waals surface area contributed by atoms with Crippen molar-refractivity contribution in [3.05, 3.63) is 0 Å². The SMILES string of the molecule is COCC1CCN(C(=O)CC2(O)CCCCC2)CC1. The minimum atomic E-state index is -0.724. The van der Waals surface area contributed by atoms with Gasteiger partial charge >= 0.3 is 0 Å². The maximum atomic E-state index is 12.3. The number of carbonyl (C=O) groups is 1. The number of ether oxygens (including phenoxy) is 1. The van der Waals surface area contributed by atoms with Gasteiger partial charge in [0.1, 0.15) is 0 Å². The zero-order chi connectivity index (χ0) is 13.7. The topological polar surface area (TPSA) is 49.8 Å². The first kappa shape index (κ1) is 14.8. The van der Waals surface area contributed by atoms with Crippen LogP contribution in [-0.2, 0) is 9.53 Å². The Morgan fingerprint density at radius 3 is 2.47 bits per heavy atom. The van der Waals surface area contributed by atoms with Crippen molar-refractivity contribution in [3.63, 3.8) is 0 Å². The van der Waals surface area contributed by atoms with Gasteiger partial charge < -0.3 is 14.7 Å². The number of carbonyl (C=O) groups excluding carboxylic acids is 1. The van der Waals surface area contributed by atoms with Gasteiger partial charge in [0.05, 0.1) is 12.0 Å². The standard InChI is InChI=1S/C15H27NO3/c1-19-12-13-5-9-16(10-6-13)14(17)11-15(18)7-3-2-4-8-15/h13,18H,2-12H2,1H3.